The second-order valence-corrected chi connectivity index (χ2v) is 10.6. The molecule has 4 aliphatic rings. The zero-order chi connectivity index (χ0) is 31.2. The van der Waals surface area contributed by atoms with Gasteiger partial charge >= 0.3 is 24.1 Å². The predicted octanol–water partition coefficient (Wildman–Crippen LogP) is 1.03. The number of aliphatic hydroxyl groups excluding tert-OH is 1. The van der Waals surface area contributed by atoms with E-state index in [2.05, 4.69) is 9.64 Å². The summed E-state index contributed by atoms with van der Waals surface area (Å²) in [5.74, 6) is -2.34. The number of aliphatic carboxylic acids is 1. The fourth-order valence-electron chi connectivity index (χ4n) is 6.31. The lowest BCUT2D eigenvalue weighted by atomic mass is 9.50. The van der Waals surface area contributed by atoms with Gasteiger partial charge in [0.15, 0.2) is 29.8 Å². The van der Waals surface area contributed by atoms with Gasteiger partial charge in [-0.1, -0.05) is 6.07 Å². The summed E-state index contributed by atoms with van der Waals surface area (Å²) < 4.78 is 53.4. The number of hydrogen-bond acceptors (Lipinski definition) is 11. The van der Waals surface area contributed by atoms with Gasteiger partial charge in [0.05, 0.1) is 24.5 Å². The van der Waals surface area contributed by atoms with Crippen molar-refractivity contribution in [2.24, 2.45) is 0 Å². The van der Waals surface area contributed by atoms with Crippen LogP contribution >= 0.6 is 0 Å². The summed E-state index contributed by atoms with van der Waals surface area (Å²) >= 11 is 0. The van der Waals surface area contributed by atoms with Crippen molar-refractivity contribution in [2.75, 3.05) is 20.7 Å². The molecule has 6 atom stereocenters. The number of rotatable bonds is 7. The minimum atomic E-state index is -4.64. The van der Waals surface area contributed by atoms with E-state index in [9.17, 15) is 37.8 Å². The Hall–Kier alpha value is -3.69. The van der Waals surface area contributed by atoms with Crippen molar-refractivity contribution in [1.82, 2.24) is 4.90 Å². The summed E-state index contributed by atoms with van der Waals surface area (Å²) in [6, 6.07) is 3.63. The highest BCUT2D eigenvalue weighted by molar-refractivity contribution is 5.84. The third-order valence-corrected chi connectivity index (χ3v) is 8.20. The van der Waals surface area contributed by atoms with Crippen LogP contribution in [-0.2, 0) is 40.5 Å². The van der Waals surface area contributed by atoms with E-state index in [4.69, 9.17) is 24.1 Å². The summed E-state index contributed by atoms with van der Waals surface area (Å²) in [6.45, 7) is 1.86. The number of carbonyl (C=O) groups is 4. The second-order valence-electron chi connectivity index (χ2n) is 10.6. The SMILES string of the molecule is COc1ccc2c3c1O[C@H]1C(OC(=O)[C@@H](O)CC(=O)O[C@@H](C)C(=O)O)=CC[C@@]4(O)[C@@H](C2)N(C)CC[C@]314.O=CC(F)(F)F. The van der Waals surface area contributed by atoms with Crippen LogP contribution in [-0.4, -0.2) is 101 Å². The Bertz CT molecular complexity index is 1310. The smallest absolute Gasteiger partial charge is 0.446 e. The molecule has 2 bridgehead atoms. The van der Waals surface area contributed by atoms with Crippen LogP contribution in [0.25, 0.3) is 0 Å². The molecule has 1 aromatic rings. The van der Waals surface area contributed by atoms with Crippen LogP contribution in [0, 0.1) is 0 Å². The first-order valence-electron chi connectivity index (χ1n) is 12.9. The molecular formula is C27H30F3NO11. The molecule has 1 saturated heterocycles. The molecule has 1 spiro atoms. The van der Waals surface area contributed by atoms with Crippen LogP contribution in [0.4, 0.5) is 13.2 Å². The van der Waals surface area contributed by atoms with Crippen molar-refractivity contribution in [1.29, 1.82) is 0 Å². The number of nitrogens with zero attached hydrogens (tertiary/aromatic N) is 1. The molecule has 1 aromatic carbocycles. The molecule has 2 heterocycles. The van der Waals surface area contributed by atoms with Gasteiger partial charge < -0.3 is 39.2 Å². The van der Waals surface area contributed by atoms with E-state index in [0.29, 0.717) is 30.9 Å². The Morgan fingerprint density at radius 3 is 2.55 bits per heavy atom. The first kappa shape index (κ1) is 31.3. The molecule has 0 amide bonds. The number of likely N-dealkylation sites (tertiary alicyclic amines) is 1. The first-order valence-corrected chi connectivity index (χ1v) is 12.9. The Morgan fingerprint density at radius 1 is 1.29 bits per heavy atom. The van der Waals surface area contributed by atoms with Crippen LogP contribution in [0.5, 0.6) is 11.5 Å². The highest BCUT2D eigenvalue weighted by atomic mass is 19.4. The number of alkyl halides is 3. The summed E-state index contributed by atoms with van der Waals surface area (Å²) in [7, 11) is 3.51. The van der Waals surface area contributed by atoms with Crippen molar-refractivity contribution < 1.29 is 66.6 Å². The Labute approximate surface area is 237 Å². The lowest BCUT2D eigenvalue weighted by Crippen LogP contribution is -2.74. The van der Waals surface area contributed by atoms with E-state index in [0.717, 1.165) is 18.1 Å². The van der Waals surface area contributed by atoms with Crippen LogP contribution in [0.1, 0.15) is 37.3 Å². The molecule has 2 aliphatic carbocycles. The first-order chi connectivity index (χ1) is 19.6. The number of halogens is 3. The molecule has 0 saturated carbocycles. The number of carboxylic acid groups (broad SMARTS) is 1. The van der Waals surface area contributed by atoms with Gasteiger partial charge in [0.25, 0.3) is 0 Å². The van der Waals surface area contributed by atoms with Gasteiger partial charge in [0.2, 0.25) is 6.29 Å². The molecule has 230 valence electrons. The molecule has 15 heteroatoms. The largest absolute Gasteiger partial charge is 0.493 e. The molecule has 2 aliphatic heterocycles. The van der Waals surface area contributed by atoms with Gasteiger partial charge in [0.1, 0.15) is 5.76 Å². The molecule has 0 unspecified atom stereocenters. The Balaban J connectivity index is 0.000000612. The number of piperidine rings is 1. The number of benzene rings is 1. The zero-order valence-corrected chi connectivity index (χ0v) is 22.8. The van der Waals surface area contributed by atoms with E-state index in [1.165, 1.54) is 7.11 Å². The monoisotopic (exact) mass is 601 g/mol. The second kappa shape index (κ2) is 11.2. The zero-order valence-electron chi connectivity index (χ0n) is 22.8. The number of methoxy groups -OCH3 is 1. The van der Waals surface area contributed by atoms with Crippen molar-refractivity contribution in [3.63, 3.8) is 0 Å². The quantitative estimate of drug-likeness (QED) is 0.300. The van der Waals surface area contributed by atoms with Gasteiger partial charge in [-0.3, -0.25) is 9.59 Å². The number of hydrogen-bond donors (Lipinski definition) is 3. The Kier molecular flexibility index (Phi) is 8.32. The number of carbonyl (C=O) groups excluding carboxylic acids is 3. The van der Waals surface area contributed by atoms with Crippen LogP contribution in [0.3, 0.4) is 0 Å². The maximum atomic E-state index is 12.7. The van der Waals surface area contributed by atoms with Gasteiger partial charge in [-0.15, -0.1) is 0 Å². The van der Waals surface area contributed by atoms with Crippen molar-refractivity contribution >= 4 is 24.2 Å². The Morgan fingerprint density at radius 2 is 1.95 bits per heavy atom. The predicted molar refractivity (Wildman–Crippen MR) is 134 cm³/mol. The van der Waals surface area contributed by atoms with Gasteiger partial charge in [-0.05, 0) is 51.1 Å². The number of ether oxygens (including phenoxy) is 4. The average molecular weight is 602 g/mol. The molecule has 3 N–H and O–H groups in total. The minimum Gasteiger partial charge on any atom is -0.493 e. The van der Waals surface area contributed by atoms with Crippen molar-refractivity contribution in [3.05, 3.63) is 35.1 Å². The van der Waals surface area contributed by atoms with Crippen LogP contribution < -0.4 is 9.47 Å². The molecular weight excluding hydrogens is 571 g/mol. The summed E-state index contributed by atoms with van der Waals surface area (Å²) in [5.41, 5.74) is -0.155. The van der Waals surface area contributed by atoms with Crippen LogP contribution in [0.2, 0.25) is 0 Å². The fraction of sp³-hybridized carbons (Fsp3) is 0.556. The molecule has 0 aromatic heterocycles. The third kappa shape index (κ3) is 5.20. The minimum absolute atomic E-state index is 0.144. The maximum absolute atomic E-state index is 12.7. The number of likely N-dealkylation sites (N-methyl/N-ethyl adjacent to an activating group) is 1. The molecule has 0 radical (unpaired) electrons. The normalized spacial score (nSPS) is 28.4. The molecule has 12 nitrogen and oxygen atoms in total. The average Bonchev–Trinajstić information content (AvgIpc) is 3.27. The van der Waals surface area contributed by atoms with Crippen LogP contribution in [0.15, 0.2) is 24.0 Å². The summed E-state index contributed by atoms with van der Waals surface area (Å²) in [4.78, 5) is 46.4. The number of aldehydes is 1. The molecule has 42 heavy (non-hydrogen) atoms. The number of esters is 2. The third-order valence-electron chi connectivity index (χ3n) is 8.20. The van der Waals surface area contributed by atoms with E-state index in [1.807, 2.05) is 19.2 Å². The van der Waals surface area contributed by atoms with E-state index >= 15 is 0 Å². The highest BCUT2D eigenvalue weighted by Crippen LogP contribution is 2.65. The standard InChI is InChI=1S/C25H29NO10.C2HF3O/c1-12(22(29)30)34-18(28)11-14(27)23(31)35-16-6-7-25(32)17-10-13-4-5-15(33-3)20-19(13)24(25,21(16)36-20)8-9-26(17)2;3-2(4,5)1-6/h4-6,12,14,17,21,27,32H,7-11H2,1-3H3,(H,29,30);1H/t12-,14-,17+,21-,24-,25+;/m0./s1. The lowest BCUT2D eigenvalue weighted by molar-refractivity contribution is -0.174. The fourth-order valence-corrected chi connectivity index (χ4v) is 6.31. The molecule has 5 rings (SSSR count). The lowest BCUT2D eigenvalue weighted by Gasteiger charge is -2.61. The van der Waals surface area contributed by atoms with Crippen molar-refractivity contribution in [3.8, 4) is 11.5 Å². The van der Waals surface area contributed by atoms with E-state index < -0.39 is 66.1 Å². The molecule has 1 fully saturated rings. The van der Waals surface area contributed by atoms with E-state index in [1.54, 1.807) is 6.08 Å². The van der Waals surface area contributed by atoms with Gasteiger partial charge in [-0.25, -0.2) is 9.59 Å². The summed E-state index contributed by atoms with van der Waals surface area (Å²) in [6.07, 6.45) is -7.61. The van der Waals surface area contributed by atoms with Gasteiger partial charge in [-0.2, -0.15) is 13.2 Å². The number of carboxylic acids is 1. The van der Waals surface area contributed by atoms with E-state index in [-0.39, 0.29) is 18.2 Å². The highest BCUT2D eigenvalue weighted by Gasteiger charge is 2.72. The number of aliphatic hydroxyl groups is 2. The summed E-state index contributed by atoms with van der Waals surface area (Å²) in [5, 5.41) is 31.3. The topological polar surface area (TPSA) is 169 Å². The van der Waals surface area contributed by atoms with Gasteiger partial charge in [0, 0.05) is 18.0 Å². The van der Waals surface area contributed by atoms with Crippen molar-refractivity contribution in [2.45, 2.75) is 74.2 Å². The maximum Gasteiger partial charge on any atom is 0.446 e.